The maximum Gasteiger partial charge on any atom is 0.166 e. The van der Waals surface area contributed by atoms with Crippen LogP contribution < -0.4 is 0 Å². The molecule has 0 radical (unpaired) electrons. The zero-order chi connectivity index (χ0) is 39.7. The van der Waals surface area contributed by atoms with Crippen LogP contribution in [0.4, 0.5) is 0 Å². The predicted molar refractivity (Wildman–Crippen MR) is 234 cm³/mol. The molecule has 3 heterocycles. The Morgan fingerprint density at radius 1 is 0.373 bits per heavy atom. The molecule has 274 valence electrons. The molecule has 0 unspecified atom stereocenters. The lowest BCUT2D eigenvalue weighted by Crippen LogP contribution is -2.04. The van der Waals surface area contributed by atoms with Crippen LogP contribution in [-0.2, 0) is 0 Å². The number of nitriles is 2. The summed E-state index contributed by atoms with van der Waals surface area (Å²) in [7, 11) is 0. The van der Waals surface area contributed by atoms with Gasteiger partial charge in [-0.2, -0.15) is 10.5 Å². The molecule has 0 spiro atoms. The molecule has 0 bridgehead atoms. The van der Waals surface area contributed by atoms with E-state index in [0.717, 1.165) is 77.6 Å². The second kappa shape index (κ2) is 14.9. The first-order chi connectivity index (χ1) is 29.1. The van der Waals surface area contributed by atoms with E-state index in [1.165, 1.54) is 0 Å². The summed E-state index contributed by atoms with van der Waals surface area (Å²) in [6, 6.07) is 63.3. The van der Waals surface area contributed by atoms with Crippen molar-refractivity contribution in [2.45, 2.75) is 0 Å². The first kappa shape index (κ1) is 34.9. The van der Waals surface area contributed by atoms with Crippen molar-refractivity contribution < 1.29 is 0 Å². The molecule has 7 nitrogen and oxygen atoms in total. The molecule has 0 saturated heterocycles. The fourth-order valence-electron chi connectivity index (χ4n) is 7.74. The highest BCUT2D eigenvalue weighted by molar-refractivity contribution is 6.12. The molecule has 0 atom stereocenters. The molecule has 0 aliphatic rings. The molecule has 10 rings (SSSR count). The molecule has 3 aromatic heterocycles. The molecule has 0 amide bonds. The van der Waals surface area contributed by atoms with Gasteiger partial charge in [0.1, 0.15) is 0 Å². The van der Waals surface area contributed by atoms with Crippen molar-refractivity contribution in [3.05, 3.63) is 199 Å². The molecule has 59 heavy (non-hydrogen) atoms. The highest BCUT2D eigenvalue weighted by Crippen LogP contribution is 2.41. The maximum atomic E-state index is 9.71. The topological polar surface area (TPSA) is 104 Å². The van der Waals surface area contributed by atoms with Gasteiger partial charge in [-0.25, -0.2) is 15.0 Å². The summed E-state index contributed by atoms with van der Waals surface area (Å²) in [6.45, 7) is 0. The zero-order valence-corrected chi connectivity index (χ0v) is 31.5. The van der Waals surface area contributed by atoms with Crippen LogP contribution in [0.1, 0.15) is 11.1 Å². The van der Waals surface area contributed by atoms with Crippen LogP contribution in [0.2, 0.25) is 0 Å². The van der Waals surface area contributed by atoms with Crippen molar-refractivity contribution in [1.82, 2.24) is 24.5 Å². The number of hydrogen-bond acceptors (Lipinski definition) is 6. The summed E-state index contributed by atoms with van der Waals surface area (Å²) in [6.07, 6.45) is 3.60. The largest absolute Gasteiger partial charge is 0.308 e. The van der Waals surface area contributed by atoms with E-state index < -0.39 is 0 Å². The van der Waals surface area contributed by atoms with E-state index >= 15 is 0 Å². The molecule has 0 aliphatic carbocycles. The van der Waals surface area contributed by atoms with E-state index in [0.29, 0.717) is 28.6 Å². The summed E-state index contributed by atoms with van der Waals surface area (Å²) >= 11 is 0. The monoisotopic (exact) mass is 753 g/mol. The first-order valence-electron chi connectivity index (χ1n) is 19.1. The van der Waals surface area contributed by atoms with Gasteiger partial charge >= 0.3 is 0 Å². The van der Waals surface area contributed by atoms with Crippen LogP contribution in [0.5, 0.6) is 0 Å². The van der Waals surface area contributed by atoms with Crippen molar-refractivity contribution >= 4 is 21.8 Å². The van der Waals surface area contributed by atoms with Crippen LogP contribution in [-0.4, -0.2) is 24.5 Å². The van der Waals surface area contributed by atoms with Gasteiger partial charge in [-0.15, -0.1) is 0 Å². The predicted octanol–water partition coefficient (Wildman–Crippen LogP) is 12.1. The van der Waals surface area contributed by atoms with E-state index in [2.05, 4.69) is 76.3 Å². The maximum absolute atomic E-state index is 9.71. The van der Waals surface area contributed by atoms with Crippen molar-refractivity contribution in [1.29, 1.82) is 10.5 Å². The second-order valence-corrected chi connectivity index (χ2v) is 14.2. The highest BCUT2D eigenvalue weighted by atomic mass is 15.1. The average Bonchev–Trinajstić information content (AvgIpc) is 3.65. The van der Waals surface area contributed by atoms with Gasteiger partial charge in [0, 0.05) is 39.9 Å². The minimum Gasteiger partial charge on any atom is -0.308 e. The molecule has 7 aromatic carbocycles. The Labute approximate surface area is 340 Å². The number of pyridine rings is 1. The lowest BCUT2D eigenvalue weighted by Gasteiger charge is -2.16. The molecule has 10 aromatic rings. The van der Waals surface area contributed by atoms with Gasteiger partial charge in [0.15, 0.2) is 17.5 Å². The highest BCUT2D eigenvalue weighted by Gasteiger charge is 2.21. The number of benzene rings is 7. The van der Waals surface area contributed by atoms with Crippen molar-refractivity contribution in [3.8, 4) is 85.4 Å². The van der Waals surface area contributed by atoms with Crippen LogP contribution >= 0.6 is 0 Å². The fourth-order valence-corrected chi connectivity index (χ4v) is 7.74. The third kappa shape index (κ3) is 6.55. The summed E-state index contributed by atoms with van der Waals surface area (Å²) < 4.78 is 2.29. The molecule has 7 heteroatoms. The Morgan fingerprint density at radius 2 is 0.831 bits per heavy atom. The molecule has 0 N–H and O–H groups in total. The SMILES string of the molecule is N#Cc1cccc(-c2ccc3c(c2)c2cc(-c4cccc(C#N)c4)ccc2n3-c2ccc(-c3ccncc3)cc2-c2nc(-c3ccccc3)nc(-c3ccccc3)n2)c1. The Bertz CT molecular complexity index is 3110. The molecular formula is C52H31N7. The lowest BCUT2D eigenvalue weighted by molar-refractivity contribution is 1.06. The number of hydrogen-bond donors (Lipinski definition) is 0. The lowest BCUT2D eigenvalue weighted by atomic mass is 9.99. The van der Waals surface area contributed by atoms with Gasteiger partial charge in [-0.3, -0.25) is 4.98 Å². The molecule has 0 aliphatic heterocycles. The Balaban J connectivity index is 1.27. The third-order valence-corrected chi connectivity index (χ3v) is 10.6. The number of fused-ring (bicyclic) bond motifs is 3. The summed E-state index contributed by atoms with van der Waals surface area (Å²) in [5, 5.41) is 21.5. The fraction of sp³-hybridized carbons (Fsp3) is 0. The summed E-state index contributed by atoms with van der Waals surface area (Å²) in [5.74, 6) is 1.68. The van der Waals surface area contributed by atoms with Crippen molar-refractivity contribution in [2.24, 2.45) is 0 Å². The summed E-state index contributed by atoms with van der Waals surface area (Å²) in [5.41, 5.74) is 12.6. The van der Waals surface area contributed by atoms with Gasteiger partial charge in [-0.1, -0.05) is 103 Å². The first-order valence-corrected chi connectivity index (χ1v) is 19.1. The van der Waals surface area contributed by atoms with E-state index in [4.69, 9.17) is 15.0 Å². The van der Waals surface area contributed by atoms with Crippen LogP contribution in [0.3, 0.4) is 0 Å². The zero-order valence-electron chi connectivity index (χ0n) is 31.5. The third-order valence-electron chi connectivity index (χ3n) is 10.6. The molecule has 0 fully saturated rings. The van der Waals surface area contributed by atoms with Gasteiger partial charge in [-0.05, 0) is 106 Å². The van der Waals surface area contributed by atoms with Crippen molar-refractivity contribution in [3.63, 3.8) is 0 Å². The van der Waals surface area contributed by atoms with Crippen LogP contribution in [0.15, 0.2) is 188 Å². The minimum atomic E-state index is 0.536. The van der Waals surface area contributed by atoms with Crippen LogP contribution in [0, 0.1) is 22.7 Å². The number of nitrogens with zero attached hydrogens (tertiary/aromatic N) is 7. The normalized spacial score (nSPS) is 11.0. The minimum absolute atomic E-state index is 0.536. The van der Waals surface area contributed by atoms with Gasteiger partial charge in [0.2, 0.25) is 0 Å². The Kier molecular flexibility index (Phi) is 8.80. The number of rotatable bonds is 7. The van der Waals surface area contributed by atoms with Gasteiger partial charge in [0.25, 0.3) is 0 Å². The van der Waals surface area contributed by atoms with E-state index in [1.54, 1.807) is 12.4 Å². The van der Waals surface area contributed by atoms with E-state index in [-0.39, 0.29) is 0 Å². The average molecular weight is 754 g/mol. The molecule has 0 saturated carbocycles. The smallest absolute Gasteiger partial charge is 0.166 e. The standard InChI is InChI=1S/C52H31N7/c53-32-34-9-7-15-39(27-34)42-18-20-47-44(29-42)45-30-43(40-16-8-10-35(28-40)33-54)19-21-48(45)59(47)49-22-17-41(36-23-25-55-26-24-36)31-46(49)52-57-50(37-11-3-1-4-12-37)56-51(58-52)38-13-5-2-6-14-38/h1-31H. The van der Waals surface area contributed by atoms with Crippen molar-refractivity contribution in [2.75, 3.05) is 0 Å². The number of aromatic nitrogens is 5. The quantitative estimate of drug-likeness (QED) is 0.160. The second-order valence-electron chi connectivity index (χ2n) is 14.2. The summed E-state index contributed by atoms with van der Waals surface area (Å²) in [4.78, 5) is 19.7. The van der Waals surface area contributed by atoms with Crippen LogP contribution in [0.25, 0.3) is 95.0 Å². The molecular weight excluding hydrogens is 723 g/mol. The van der Waals surface area contributed by atoms with Gasteiger partial charge < -0.3 is 4.57 Å². The van der Waals surface area contributed by atoms with Gasteiger partial charge in [0.05, 0.1) is 40.0 Å². The van der Waals surface area contributed by atoms with E-state index in [9.17, 15) is 10.5 Å². The van der Waals surface area contributed by atoms with E-state index in [1.807, 2.05) is 121 Å². The Morgan fingerprint density at radius 3 is 1.36 bits per heavy atom. The Hall–Kier alpha value is -8.52.